The maximum absolute atomic E-state index is 13.1. The number of Topliss-reactive ketones (excluding diaryl/α,β-unsaturated/α-hetero) is 1. The van der Waals surface area contributed by atoms with Gasteiger partial charge in [-0.3, -0.25) is 9.69 Å². The summed E-state index contributed by atoms with van der Waals surface area (Å²) in [5.41, 5.74) is -0.919. The van der Waals surface area contributed by atoms with Crippen molar-refractivity contribution in [3.8, 4) is 0 Å². The molecule has 2 fully saturated rings. The topological polar surface area (TPSA) is 96.5 Å². The van der Waals surface area contributed by atoms with Crippen LogP contribution in [0.1, 0.15) is 58.4 Å². The second kappa shape index (κ2) is 10.8. The number of hydrogen-bond donors (Lipinski definition) is 2. The van der Waals surface area contributed by atoms with E-state index in [0.29, 0.717) is 18.0 Å². The zero-order valence-electron chi connectivity index (χ0n) is 21.4. The van der Waals surface area contributed by atoms with Crippen LogP contribution in [0.4, 0.5) is 23.8 Å². The number of fused-ring (bicyclic) bond motifs is 1. The van der Waals surface area contributed by atoms with Gasteiger partial charge in [-0.15, -0.1) is 0 Å². The van der Waals surface area contributed by atoms with Crippen LogP contribution in [-0.2, 0) is 15.7 Å². The monoisotopic (exact) mass is 521 g/mol. The maximum Gasteiger partial charge on any atom is 0.416 e. The van der Waals surface area contributed by atoms with E-state index in [1.54, 1.807) is 0 Å². The van der Waals surface area contributed by atoms with E-state index in [4.69, 9.17) is 4.74 Å². The first-order chi connectivity index (χ1) is 17.4. The molecule has 8 nitrogen and oxygen atoms in total. The molecule has 202 valence electrons. The lowest BCUT2D eigenvalue weighted by Gasteiger charge is -2.46. The van der Waals surface area contributed by atoms with Gasteiger partial charge in [0.2, 0.25) is 0 Å². The standard InChI is InChI=1S/C26H34F3N5O3/c1-25(2,3)37-24(36)33-18-5-7-19(8-6-18)34-13-16(14-34)10-20(35)12-30-23-21-11-17(26(27,28)29)4-9-22(21)31-15-32-23/h4,9,11,15-16,18-19H,5-8,10,12-14H2,1-3H3,(H,33,36)(H,30,31,32). The first-order valence-electron chi connectivity index (χ1n) is 12.7. The van der Waals surface area contributed by atoms with Crippen molar-refractivity contribution >= 4 is 28.6 Å². The normalized spacial score (nSPS) is 21.4. The molecule has 1 aliphatic carbocycles. The fourth-order valence-electron chi connectivity index (χ4n) is 5.05. The number of hydrogen-bond acceptors (Lipinski definition) is 7. The number of aromatic nitrogens is 2. The van der Waals surface area contributed by atoms with Crippen molar-refractivity contribution in [2.45, 2.75) is 76.7 Å². The van der Waals surface area contributed by atoms with Gasteiger partial charge in [0.05, 0.1) is 17.6 Å². The molecule has 2 N–H and O–H groups in total. The van der Waals surface area contributed by atoms with Crippen molar-refractivity contribution < 1.29 is 27.5 Å². The smallest absolute Gasteiger partial charge is 0.416 e. The van der Waals surface area contributed by atoms with Crippen LogP contribution in [0.3, 0.4) is 0 Å². The molecule has 2 heterocycles. The van der Waals surface area contributed by atoms with Gasteiger partial charge in [-0.05, 0) is 70.6 Å². The first-order valence-corrected chi connectivity index (χ1v) is 12.7. The zero-order valence-corrected chi connectivity index (χ0v) is 21.4. The molecule has 1 amide bonds. The Kier molecular flexibility index (Phi) is 7.91. The number of alkyl carbamates (subject to hydrolysis) is 1. The number of carbonyl (C=O) groups excluding carboxylic acids is 2. The number of ketones is 1. The Bertz CT molecular complexity index is 1120. The fourth-order valence-corrected chi connectivity index (χ4v) is 5.05. The maximum atomic E-state index is 13.1. The highest BCUT2D eigenvalue weighted by molar-refractivity contribution is 5.91. The number of alkyl halides is 3. The molecular weight excluding hydrogens is 487 g/mol. The van der Waals surface area contributed by atoms with Crippen LogP contribution in [0.15, 0.2) is 24.5 Å². The van der Waals surface area contributed by atoms with E-state index < -0.39 is 17.3 Å². The Balaban J connectivity index is 1.19. The van der Waals surface area contributed by atoms with Gasteiger partial charge in [0, 0.05) is 37.0 Å². The third-order valence-corrected chi connectivity index (χ3v) is 6.85. The van der Waals surface area contributed by atoms with Gasteiger partial charge in [-0.1, -0.05) is 0 Å². The minimum Gasteiger partial charge on any atom is -0.444 e. The van der Waals surface area contributed by atoms with E-state index in [0.717, 1.165) is 50.9 Å². The molecule has 1 aromatic carbocycles. The van der Waals surface area contributed by atoms with Crippen molar-refractivity contribution in [1.29, 1.82) is 0 Å². The third-order valence-electron chi connectivity index (χ3n) is 6.85. The Morgan fingerprint density at radius 2 is 1.78 bits per heavy atom. The van der Waals surface area contributed by atoms with Gasteiger partial charge < -0.3 is 15.4 Å². The summed E-state index contributed by atoms with van der Waals surface area (Å²) in [6.07, 6.45) is 0.615. The average Bonchev–Trinajstić information content (AvgIpc) is 2.78. The van der Waals surface area contributed by atoms with Crippen molar-refractivity contribution in [3.63, 3.8) is 0 Å². The molecule has 4 rings (SSSR count). The lowest BCUT2D eigenvalue weighted by atomic mass is 9.85. The Morgan fingerprint density at radius 1 is 1.08 bits per heavy atom. The van der Waals surface area contributed by atoms with Crippen molar-refractivity contribution in [3.05, 3.63) is 30.1 Å². The predicted molar refractivity (Wildman–Crippen MR) is 133 cm³/mol. The second-order valence-corrected chi connectivity index (χ2v) is 11.0. The zero-order chi connectivity index (χ0) is 26.8. The molecule has 2 aromatic rings. The summed E-state index contributed by atoms with van der Waals surface area (Å²) in [4.78, 5) is 35.0. The van der Waals surface area contributed by atoms with E-state index in [9.17, 15) is 22.8 Å². The highest BCUT2D eigenvalue weighted by atomic mass is 19.4. The lowest BCUT2D eigenvalue weighted by Crippen LogP contribution is -2.54. The number of halogens is 3. The van der Waals surface area contributed by atoms with Gasteiger partial charge in [0.25, 0.3) is 0 Å². The molecule has 0 spiro atoms. The van der Waals surface area contributed by atoms with Crippen LogP contribution in [-0.4, -0.2) is 64.1 Å². The van der Waals surface area contributed by atoms with E-state index in [-0.39, 0.29) is 41.6 Å². The number of anilines is 1. The first kappa shape index (κ1) is 27.1. The summed E-state index contributed by atoms with van der Waals surface area (Å²) in [6, 6.07) is 3.87. The fraction of sp³-hybridized carbons (Fsp3) is 0.615. The van der Waals surface area contributed by atoms with Crippen LogP contribution < -0.4 is 10.6 Å². The number of amides is 1. The molecule has 0 radical (unpaired) electrons. The average molecular weight is 522 g/mol. The summed E-state index contributed by atoms with van der Waals surface area (Å²) >= 11 is 0. The Morgan fingerprint density at radius 3 is 2.43 bits per heavy atom. The van der Waals surface area contributed by atoms with Crippen LogP contribution in [0, 0.1) is 5.92 Å². The van der Waals surface area contributed by atoms with E-state index in [2.05, 4.69) is 25.5 Å². The SMILES string of the molecule is CC(C)(C)OC(=O)NC1CCC(N2CC(CC(=O)CNc3ncnc4ccc(C(F)(F)F)cc34)C2)CC1. The molecule has 1 saturated carbocycles. The highest BCUT2D eigenvalue weighted by Gasteiger charge is 2.36. The summed E-state index contributed by atoms with van der Waals surface area (Å²) in [5, 5.41) is 6.09. The summed E-state index contributed by atoms with van der Waals surface area (Å²) in [7, 11) is 0. The molecule has 0 bridgehead atoms. The molecule has 2 aliphatic rings. The Hall–Kier alpha value is -2.95. The van der Waals surface area contributed by atoms with Gasteiger partial charge >= 0.3 is 12.3 Å². The number of rotatable bonds is 7. The Labute approximate surface area is 214 Å². The number of nitrogens with one attached hydrogen (secondary N) is 2. The minimum atomic E-state index is -4.47. The van der Waals surface area contributed by atoms with Gasteiger partial charge in [-0.2, -0.15) is 13.2 Å². The van der Waals surface area contributed by atoms with E-state index in [1.807, 2.05) is 20.8 Å². The van der Waals surface area contributed by atoms with Crippen LogP contribution in [0.5, 0.6) is 0 Å². The summed E-state index contributed by atoms with van der Waals surface area (Å²) in [5.74, 6) is 0.482. The van der Waals surface area contributed by atoms with Crippen molar-refractivity contribution in [2.75, 3.05) is 25.0 Å². The molecule has 1 saturated heterocycles. The minimum absolute atomic E-state index is 0.000300. The quantitative estimate of drug-likeness (QED) is 0.541. The van der Waals surface area contributed by atoms with Crippen LogP contribution in [0.25, 0.3) is 10.9 Å². The van der Waals surface area contributed by atoms with Crippen LogP contribution in [0.2, 0.25) is 0 Å². The summed E-state index contributed by atoms with van der Waals surface area (Å²) in [6.45, 7) is 7.24. The second-order valence-electron chi connectivity index (χ2n) is 11.0. The largest absolute Gasteiger partial charge is 0.444 e. The van der Waals surface area contributed by atoms with Gasteiger partial charge in [0.15, 0.2) is 5.78 Å². The third kappa shape index (κ3) is 7.30. The molecule has 1 aromatic heterocycles. The highest BCUT2D eigenvalue weighted by Crippen LogP contribution is 2.33. The molecule has 0 atom stereocenters. The predicted octanol–water partition coefficient (Wildman–Crippen LogP) is 4.79. The number of nitrogens with zero attached hydrogens (tertiary/aromatic N) is 3. The van der Waals surface area contributed by atoms with E-state index in [1.165, 1.54) is 12.4 Å². The number of benzene rings is 1. The van der Waals surface area contributed by atoms with E-state index >= 15 is 0 Å². The lowest BCUT2D eigenvalue weighted by molar-refractivity contribution is -0.137. The number of ether oxygens (including phenoxy) is 1. The van der Waals surface area contributed by atoms with Gasteiger partial charge in [-0.25, -0.2) is 14.8 Å². The van der Waals surface area contributed by atoms with Crippen molar-refractivity contribution in [1.82, 2.24) is 20.2 Å². The summed E-state index contributed by atoms with van der Waals surface area (Å²) < 4.78 is 44.6. The van der Waals surface area contributed by atoms with Crippen LogP contribution >= 0.6 is 0 Å². The molecule has 37 heavy (non-hydrogen) atoms. The molecule has 0 unspecified atom stereocenters. The van der Waals surface area contributed by atoms with Gasteiger partial charge in [0.1, 0.15) is 17.7 Å². The molecule has 11 heteroatoms. The van der Waals surface area contributed by atoms with Crippen molar-refractivity contribution in [2.24, 2.45) is 5.92 Å². The number of carbonyl (C=O) groups is 2. The molecular formula is C26H34F3N5O3. The molecule has 1 aliphatic heterocycles. The number of likely N-dealkylation sites (tertiary alicyclic amines) is 1.